The molecule has 2 rings (SSSR count). The molecule has 0 fully saturated rings. The molecule has 1 heterocycles. The number of nitrogens with zero attached hydrogens (tertiary/aromatic N) is 2. The van der Waals surface area contributed by atoms with Gasteiger partial charge < -0.3 is 10.2 Å². The van der Waals surface area contributed by atoms with Crippen LogP contribution in [0.25, 0.3) is 0 Å². The SMILES string of the molecule is CCN(CC[n+]1ccc(C)cc1)c1cccc(NC(C)=O)c1. The summed E-state index contributed by atoms with van der Waals surface area (Å²) >= 11 is 0. The van der Waals surface area contributed by atoms with Gasteiger partial charge in [0.05, 0.1) is 6.54 Å². The number of aromatic nitrogens is 1. The molecule has 0 spiro atoms. The second-order valence-corrected chi connectivity index (χ2v) is 5.42. The fraction of sp³-hybridized carbons (Fsp3) is 0.333. The Morgan fingerprint density at radius 2 is 1.95 bits per heavy atom. The molecule has 116 valence electrons. The normalized spacial score (nSPS) is 10.3. The number of aryl methyl sites for hydroxylation is 1. The number of hydrogen-bond donors (Lipinski definition) is 1. The van der Waals surface area contributed by atoms with Gasteiger partial charge in [0.2, 0.25) is 5.91 Å². The van der Waals surface area contributed by atoms with Crippen molar-refractivity contribution in [1.29, 1.82) is 0 Å². The first-order chi connectivity index (χ1) is 10.6. The van der Waals surface area contributed by atoms with Crippen LogP contribution in [-0.4, -0.2) is 19.0 Å². The van der Waals surface area contributed by atoms with Gasteiger partial charge in [0, 0.05) is 37.0 Å². The summed E-state index contributed by atoms with van der Waals surface area (Å²) < 4.78 is 2.19. The van der Waals surface area contributed by atoms with Crippen molar-refractivity contribution in [2.75, 3.05) is 23.3 Å². The van der Waals surface area contributed by atoms with E-state index in [1.54, 1.807) is 0 Å². The van der Waals surface area contributed by atoms with E-state index in [9.17, 15) is 4.79 Å². The monoisotopic (exact) mass is 298 g/mol. The summed E-state index contributed by atoms with van der Waals surface area (Å²) in [6.45, 7) is 8.54. The summed E-state index contributed by atoms with van der Waals surface area (Å²) in [4.78, 5) is 13.5. The van der Waals surface area contributed by atoms with Crippen molar-refractivity contribution in [3.63, 3.8) is 0 Å². The Balaban J connectivity index is 2.04. The fourth-order valence-corrected chi connectivity index (χ4v) is 2.37. The Bertz CT molecular complexity index is 622. The number of carbonyl (C=O) groups excluding carboxylic acids is 1. The topological polar surface area (TPSA) is 36.2 Å². The van der Waals surface area contributed by atoms with Crippen LogP contribution in [0.4, 0.5) is 11.4 Å². The van der Waals surface area contributed by atoms with Gasteiger partial charge in [-0.3, -0.25) is 4.79 Å². The third-order valence-corrected chi connectivity index (χ3v) is 3.60. The maximum Gasteiger partial charge on any atom is 0.221 e. The number of nitrogens with one attached hydrogen (secondary N) is 1. The molecule has 4 heteroatoms. The van der Waals surface area contributed by atoms with E-state index in [-0.39, 0.29) is 5.91 Å². The molecule has 2 aromatic rings. The van der Waals surface area contributed by atoms with E-state index in [1.165, 1.54) is 12.5 Å². The molecule has 0 aliphatic heterocycles. The minimum Gasteiger partial charge on any atom is -0.365 e. The number of hydrogen-bond acceptors (Lipinski definition) is 2. The first-order valence-corrected chi connectivity index (χ1v) is 7.67. The van der Waals surface area contributed by atoms with Gasteiger partial charge in [0.25, 0.3) is 0 Å². The first-order valence-electron chi connectivity index (χ1n) is 7.67. The van der Waals surface area contributed by atoms with E-state index < -0.39 is 0 Å². The number of amides is 1. The smallest absolute Gasteiger partial charge is 0.221 e. The molecule has 0 unspecified atom stereocenters. The van der Waals surface area contributed by atoms with Crippen LogP contribution in [-0.2, 0) is 11.3 Å². The average molecular weight is 298 g/mol. The summed E-state index contributed by atoms with van der Waals surface area (Å²) in [7, 11) is 0. The van der Waals surface area contributed by atoms with E-state index in [0.717, 1.165) is 31.0 Å². The zero-order chi connectivity index (χ0) is 15.9. The van der Waals surface area contributed by atoms with Crippen molar-refractivity contribution in [2.45, 2.75) is 27.3 Å². The Morgan fingerprint density at radius 3 is 2.59 bits per heavy atom. The van der Waals surface area contributed by atoms with Gasteiger partial charge in [-0.05, 0) is 37.6 Å². The Morgan fingerprint density at radius 1 is 1.23 bits per heavy atom. The number of rotatable bonds is 6. The van der Waals surface area contributed by atoms with Crippen LogP contribution in [0.15, 0.2) is 48.8 Å². The lowest BCUT2D eigenvalue weighted by Gasteiger charge is -2.22. The minimum absolute atomic E-state index is 0.0459. The van der Waals surface area contributed by atoms with Gasteiger partial charge in [-0.2, -0.15) is 0 Å². The number of carbonyl (C=O) groups is 1. The highest BCUT2D eigenvalue weighted by molar-refractivity contribution is 5.89. The number of likely N-dealkylation sites (N-methyl/N-ethyl adjacent to an activating group) is 1. The van der Waals surface area contributed by atoms with Crippen LogP contribution >= 0.6 is 0 Å². The number of pyridine rings is 1. The van der Waals surface area contributed by atoms with Crippen molar-refractivity contribution < 1.29 is 9.36 Å². The summed E-state index contributed by atoms with van der Waals surface area (Å²) in [5, 5.41) is 2.83. The molecular formula is C18H24N3O+. The average Bonchev–Trinajstić information content (AvgIpc) is 2.49. The molecule has 1 aromatic carbocycles. The van der Waals surface area contributed by atoms with Crippen molar-refractivity contribution in [3.05, 3.63) is 54.4 Å². The number of anilines is 2. The zero-order valence-electron chi connectivity index (χ0n) is 13.5. The minimum atomic E-state index is -0.0459. The third-order valence-electron chi connectivity index (χ3n) is 3.60. The second-order valence-electron chi connectivity index (χ2n) is 5.42. The number of benzene rings is 1. The van der Waals surface area contributed by atoms with Crippen molar-refractivity contribution in [1.82, 2.24) is 0 Å². The summed E-state index contributed by atoms with van der Waals surface area (Å²) in [6, 6.07) is 12.2. The van der Waals surface area contributed by atoms with E-state index in [0.29, 0.717) is 0 Å². The highest BCUT2D eigenvalue weighted by atomic mass is 16.1. The summed E-state index contributed by atoms with van der Waals surface area (Å²) in [5.74, 6) is -0.0459. The standard InChI is InChI=1S/C18H23N3O/c1-4-21(13-12-20-10-8-15(2)9-11-20)18-7-5-6-17(14-18)19-16(3)22/h5-11,14H,4,12-13H2,1-3H3/p+1. The molecule has 0 atom stereocenters. The van der Waals surface area contributed by atoms with Crippen molar-refractivity contribution in [3.8, 4) is 0 Å². The molecular weight excluding hydrogens is 274 g/mol. The summed E-state index contributed by atoms with van der Waals surface area (Å²) in [6.07, 6.45) is 4.22. The van der Waals surface area contributed by atoms with Crippen LogP contribution in [0.1, 0.15) is 19.4 Å². The highest BCUT2D eigenvalue weighted by Gasteiger charge is 2.08. The summed E-state index contributed by atoms with van der Waals surface area (Å²) in [5.41, 5.74) is 3.24. The quantitative estimate of drug-likeness (QED) is 0.833. The highest BCUT2D eigenvalue weighted by Crippen LogP contribution is 2.19. The Labute approximate surface area is 132 Å². The van der Waals surface area contributed by atoms with Crippen LogP contribution in [0.2, 0.25) is 0 Å². The molecule has 1 aromatic heterocycles. The first kappa shape index (κ1) is 16.0. The zero-order valence-corrected chi connectivity index (χ0v) is 13.5. The maximum atomic E-state index is 11.2. The fourth-order valence-electron chi connectivity index (χ4n) is 2.37. The molecule has 0 radical (unpaired) electrons. The van der Waals surface area contributed by atoms with Crippen molar-refractivity contribution >= 4 is 17.3 Å². The van der Waals surface area contributed by atoms with E-state index >= 15 is 0 Å². The van der Waals surface area contributed by atoms with Crippen LogP contribution in [0, 0.1) is 6.92 Å². The van der Waals surface area contributed by atoms with Crippen LogP contribution < -0.4 is 14.8 Å². The van der Waals surface area contributed by atoms with Gasteiger partial charge in [-0.25, -0.2) is 4.57 Å². The molecule has 1 amide bonds. The predicted octanol–water partition coefficient (Wildman–Crippen LogP) is 2.77. The molecule has 22 heavy (non-hydrogen) atoms. The molecule has 0 aliphatic rings. The molecule has 0 aliphatic carbocycles. The molecule has 4 nitrogen and oxygen atoms in total. The van der Waals surface area contributed by atoms with Gasteiger partial charge in [-0.1, -0.05) is 6.07 Å². The van der Waals surface area contributed by atoms with Gasteiger partial charge >= 0.3 is 0 Å². The van der Waals surface area contributed by atoms with Crippen LogP contribution in [0.3, 0.4) is 0 Å². The lowest BCUT2D eigenvalue weighted by Crippen LogP contribution is -2.40. The lowest BCUT2D eigenvalue weighted by molar-refractivity contribution is -0.694. The molecule has 0 bridgehead atoms. The van der Waals surface area contributed by atoms with Crippen molar-refractivity contribution in [2.24, 2.45) is 0 Å². The van der Waals surface area contributed by atoms with E-state index in [4.69, 9.17) is 0 Å². The third kappa shape index (κ3) is 4.58. The van der Waals surface area contributed by atoms with E-state index in [2.05, 4.69) is 59.2 Å². The Hall–Kier alpha value is -2.36. The second kappa shape index (κ2) is 7.59. The lowest BCUT2D eigenvalue weighted by atomic mass is 10.2. The predicted molar refractivity (Wildman–Crippen MR) is 90.0 cm³/mol. The maximum absolute atomic E-state index is 11.2. The Kier molecular flexibility index (Phi) is 5.53. The van der Waals surface area contributed by atoms with E-state index in [1.807, 2.05) is 18.2 Å². The molecule has 1 N–H and O–H groups in total. The van der Waals surface area contributed by atoms with Gasteiger partial charge in [-0.15, -0.1) is 0 Å². The molecule has 0 saturated carbocycles. The van der Waals surface area contributed by atoms with Gasteiger partial charge in [0.1, 0.15) is 0 Å². The molecule has 0 saturated heterocycles. The van der Waals surface area contributed by atoms with Gasteiger partial charge in [0.15, 0.2) is 18.9 Å². The van der Waals surface area contributed by atoms with Crippen LogP contribution in [0.5, 0.6) is 0 Å². The largest absolute Gasteiger partial charge is 0.365 e.